The average molecular weight is 300 g/mol. The molecule has 0 radical (unpaired) electrons. The molecule has 0 fully saturated rings. The van der Waals surface area contributed by atoms with Crippen LogP contribution in [0.15, 0.2) is 30.6 Å². The molecule has 0 spiro atoms. The molecule has 0 bridgehead atoms. The standard InChI is InChI=1S/C17H11F3N2/c1-8-7-11-13-10(3-4-12(18)15(13)20)17-21-5-6-22(17)16(11)9(2)14(8)19/h3-7H,1-2H3. The van der Waals surface area contributed by atoms with Crippen molar-refractivity contribution in [1.29, 1.82) is 0 Å². The highest BCUT2D eigenvalue weighted by Crippen LogP contribution is 2.35. The first-order valence-corrected chi connectivity index (χ1v) is 6.83. The molecule has 22 heavy (non-hydrogen) atoms. The van der Waals surface area contributed by atoms with Gasteiger partial charge in [0.15, 0.2) is 11.6 Å². The lowest BCUT2D eigenvalue weighted by Crippen LogP contribution is -1.99. The molecule has 0 N–H and O–H groups in total. The molecule has 0 unspecified atom stereocenters. The monoisotopic (exact) mass is 300 g/mol. The van der Waals surface area contributed by atoms with Gasteiger partial charge in [0, 0.05) is 34.1 Å². The zero-order valence-electron chi connectivity index (χ0n) is 11.9. The molecule has 2 aromatic heterocycles. The summed E-state index contributed by atoms with van der Waals surface area (Å²) >= 11 is 0. The smallest absolute Gasteiger partial charge is 0.167 e. The Kier molecular flexibility index (Phi) is 2.52. The van der Waals surface area contributed by atoms with Crippen molar-refractivity contribution in [2.45, 2.75) is 13.8 Å². The summed E-state index contributed by atoms with van der Waals surface area (Å²) in [5, 5.41) is 1.12. The van der Waals surface area contributed by atoms with Crippen LogP contribution < -0.4 is 0 Å². The number of pyridine rings is 1. The quantitative estimate of drug-likeness (QED) is 0.431. The van der Waals surface area contributed by atoms with Crippen molar-refractivity contribution in [3.05, 3.63) is 59.2 Å². The van der Waals surface area contributed by atoms with Gasteiger partial charge < -0.3 is 0 Å². The molecule has 2 heterocycles. The molecule has 0 atom stereocenters. The van der Waals surface area contributed by atoms with Crippen molar-refractivity contribution in [2.24, 2.45) is 0 Å². The van der Waals surface area contributed by atoms with E-state index in [-0.39, 0.29) is 11.2 Å². The second-order valence-corrected chi connectivity index (χ2v) is 5.43. The number of nitrogens with zero attached hydrogens (tertiary/aromatic N) is 2. The first-order valence-electron chi connectivity index (χ1n) is 6.83. The predicted molar refractivity (Wildman–Crippen MR) is 79.6 cm³/mol. The highest BCUT2D eigenvalue weighted by Gasteiger charge is 2.19. The van der Waals surface area contributed by atoms with Crippen molar-refractivity contribution in [3.8, 4) is 0 Å². The van der Waals surface area contributed by atoms with Gasteiger partial charge in [-0.25, -0.2) is 18.2 Å². The number of hydrogen-bond acceptors (Lipinski definition) is 1. The summed E-state index contributed by atoms with van der Waals surface area (Å²) in [6.45, 7) is 3.25. The van der Waals surface area contributed by atoms with Crippen molar-refractivity contribution in [2.75, 3.05) is 0 Å². The van der Waals surface area contributed by atoms with Gasteiger partial charge in [-0.1, -0.05) is 0 Å². The molecule has 4 rings (SSSR count). The fourth-order valence-electron chi connectivity index (χ4n) is 3.13. The molecule has 0 saturated carbocycles. The molecule has 0 aliphatic rings. The Balaban J connectivity index is 2.47. The van der Waals surface area contributed by atoms with Gasteiger partial charge in [-0.15, -0.1) is 0 Å². The van der Waals surface area contributed by atoms with Crippen molar-refractivity contribution in [3.63, 3.8) is 0 Å². The molecule has 0 saturated heterocycles. The maximum absolute atomic E-state index is 14.4. The lowest BCUT2D eigenvalue weighted by atomic mass is 9.99. The number of benzene rings is 2. The second-order valence-electron chi connectivity index (χ2n) is 5.43. The number of aromatic nitrogens is 2. The number of hydrogen-bond donors (Lipinski definition) is 0. The zero-order valence-corrected chi connectivity index (χ0v) is 11.9. The minimum Gasteiger partial charge on any atom is -0.299 e. The van der Waals surface area contributed by atoms with Gasteiger partial charge in [0.2, 0.25) is 0 Å². The Morgan fingerprint density at radius 2 is 1.77 bits per heavy atom. The SMILES string of the molecule is Cc1cc2c3c(F)c(F)ccc3c3nccn3c2c(C)c1F. The molecule has 2 nitrogen and oxygen atoms in total. The van der Waals surface area contributed by atoms with Crippen molar-refractivity contribution < 1.29 is 13.2 Å². The molecular weight excluding hydrogens is 289 g/mol. The van der Waals surface area contributed by atoms with E-state index in [9.17, 15) is 13.2 Å². The fraction of sp³-hybridized carbons (Fsp3) is 0.118. The molecule has 2 aromatic carbocycles. The highest BCUT2D eigenvalue weighted by molar-refractivity contribution is 6.12. The van der Waals surface area contributed by atoms with Crippen LogP contribution in [-0.4, -0.2) is 9.38 Å². The minimum absolute atomic E-state index is 0.139. The van der Waals surface area contributed by atoms with Gasteiger partial charge in [0.1, 0.15) is 11.5 Å². The largest absolute Gasteiger partial charge is 0.299 e. The van der Waals surface area contributed by atoms with E-state index in [1.165, 1.54) is 6.07 Å². The van der Waals surface area contributed by atoms with Crippen LogP contribution in [0.2, 0.25) is 0 Å². The topological polar surface area (TPSA) is 17.3 Å². The molecule has 0 aliphatic heterocycles. The Labute approximate surface area is 123 Å². The van der Waals surface area contributed by atoms with Crippen molar-refractivity contribution in [1.82, 2.24) is 9.38 Å². The van der Waals surface area contributed by atoms with Crippen LogP contribution in [-0.2, 0) is 0 Å². The van der Waals surface area contributed by atoms with Crippen LogP contribution >= 0.6 is 0 Å². The minimum atomic E-state index is -0.932. The van der Waals surface area contributed by atoms with E-state index in [1.807, 2.05) is 0 Å². The number of halogens is 3. The number of rotatable bonds is 0. The van der Waals surface area contributed by atoms with E-state index in [1.54, 1.807) is 36.7 Å². The second kappa shape index (κ2) is 4.22. The average Bonchev–Trinajstić information content (AvgIpc) is 2.97. The summed E-state index contributed by atoms with van der Waals surface area (Å²) in [4.78, 5) is 4.21. The van der Waals surface area contributed by atoms with Gasteiger partial charge in [-0.2, -0.15) is 0 Å². The van der Waals surface area contributed by atoms with Crippen LogP contribution in [0.4, 0.5) is 13.2 Å². The number of aryl methyl sites for hydroxylation is 2. The van der Waals surface area contributed by atoms with Gasteiger partial charge >= 0.3 is 0 Å². The molecule has 0 amide bonds. The Morgan fingerprint density at radius 3 is 2.55 bits per heavy atom. The van der Waals surface area contributed by atoms with Crippen LogP contribution in [0.3, 0.4) is 0 Å². The Hall–Kier alpha value is -2.56. The van der Waals surface area contributed by atoms with Crippen LogP contribution in [0, 0.1) is 31.3 Å². The maximum atomic E-state index is 14.4. The third kappa shape index (κ3) is 1.48. The summed E-state index contributed by atoms with van der Waals surface area (Å²) in [7, 11) is 0. The summed E-state index contributed by atoms with van der Waals surface area (Å²) in [5.74, 6) is -2.21. The van der Waals surface area contributed by atoms with E-state index < -0.39 is 11.6 Å². The van der Waals surface area contributed by atoms with Gasteiger partial charge in [-0.05, 0) is 37.6 Å². The van der Waals surface area contributed by atoms with Crippen LogP contribution in [0.5, 0.6) is 0 Å². The van der Waals surface area contributed by atoms with E-state index in [0.29, 0.717) is 33.1 Å². The zero-order chi connectivity index (χ0) is 15.6. The van der Waals surface area contributed by atoms with E-state index >= 15 is 0 Å². The third-order valence-electron chi connectivity index (χ3n) is 4.13. The normalized spacial score (nSPS) is 11.9. The predicted octanol–water partition coefficient (Wildman–Crippen LogP) is 4.67. The summed E-state index contributed by atoms with van der Waals surface area (Å²) in [6, 6.07) is 4.15. The van der Waals surface area contributed by atoms with E-state index in [0.717, 1.165) is 6.07 Å². The summed E-state index contributed by atoms with van der Waals surface area (Å²) in [6.07, 6.45) is 3.26. The lowest BCUT2D eigenvalue weighted by Gasteiger charge is -2.13. The Bertz CT molecular complexity index is 1080. The molecule has 110 valence electrons. The number of fused-ring (bicyclic) bond motifs is 6. The van der Waals surface area contributed by atoms with E-state index in [2.05, 4.69) is 4.98 Å². The van der Waals surface area contributed by atoms with Gasteiger partial charge in [-0.3, -0.25) is 4.40 Å². The van der Waals surface area contributed by atoms with E-state index in [4.69, 9.17) is 0 Å². The van der Waals surface area contributed by atoms with Crippen LogP contribution in [0.1, 0.15) is 11.1 Å². The first kappa shape index (κ1) is 13.1. The summed E-state index contributed by atoms with van der Waals surface area (Å²) < 4.78 is 44.1. The molecule has 0 aliphatic carbocycles. The highest BCUT2D eigenvalue weighted by atomic mass is 19.2. The number of imidazole rings is 1. The Morgan fingerprint density at radius 1 is 1.00 bits per heavy atom. The lowest BCUT2D eigenvalue weighted by molar-refractivity contribution is 0.517. The van der Waals surface area contributed by atoms with Gasteiger partial charge in [0.05, 0.1) is 5.52 Å². The van der Waals surface area contributed by atoms with Gasteiger partial charge in [0.25, 0.3) is 0 Å². The van der Waals surface area contributed by atoms with Crippen molar-refractivity contribution >= 4 is 27.3 Å². The third-order valence-corrected chi connectivity index (χ3v) is 4.13. The summed E-state index contributed by atoms with van der Waals surface area (Å²) in [5.41, 5.74) is 1.78. The first-order chi connectivity index (χ1) is 10.5. The fourth-order valence-corrected chi connectivity index (χ4v) is 3.13. The van der Waals surface area contributed by atoms with Crippen LogP contribution in [0.25, 0.3) is 27.3 Å². The molecular formula is C17H11F3N2. The molecule has 4 aromatic rings. The maximum Gasteiger partial charge on any atom is 0.167 e. The molecule has 5 heteroatoms.